The van der Waals surface area contributed by atoms with Crippen LogP contribution in [0.1, 0.15) is 20.8 Å². The standard InChI is InChI=1S/C12H19N3O2/c1-8(2)9(3)13-12(17)14-10-6-5-7-15(4)11(10)16/h5-9H,1-4H3,(H2,13,14,17)/t9-/m0/s1. The number of rotatable bonds is 3. The maximum Gasteiger partial charge on any atom is 0.319 e. The fourth-order valence-electron chi connectivity index (χ4n) is 1.22. The van der Waals surface area contributed by atoms with Crippen LogP contribution in [0.15, 0.2) is 23.1 Å². The Morgan fingerprint density at radius 2 is 2.00 bits per heavy atom. The molecule has 1 rings (SSSR count). The Bertz CT molecular complexity index is 451. The number of aromatic nitrogens is 1. The lowest BCUT2D eigenvalue weighted by Gasteiger charge is -2.17. The van der Waals surface area contributed by atoms with Crippen LogP contribution in [-0.2, 0) is 7.05 Å². The fourth-order valence-corrected chi connectivity index (χ4v) is 1.22. The van der Waals surface area contributed by atoms with Gasteiger partial charge in [0.05, 0.1) is 0 Å². The van der Waals surface area contributed by atoms with Crippen LogP contribution in [0.2, 0.25) is 0 Å². The molecule has 1 heterocycles. The predicted molar refractivity (Wildman–Crippen MR) is 68.1 cm³/mol. The normalized spacial score (nSPS) is 12.3. The van der Waals surface area contributed by atoms with E-state index in [-0.39, 0.29) is 23.3 Å². The van der Waals surface area contributed by atoms with Crippen LogP contribution in [0.4, 0.5) is 10.5 Å². The number of carbonyl (C=O) groups is 1. The van der Waals surface area contributed by atoms with Gasteiger partial charge in [0.2, 0.25) is 0 Å². The number of nitrogens with zero attached hydrogens (tertiary/aromatic N) is 1. The minimum atomic E-state index is -0.352. The third kappa shape index (κ3) is 3.62. The van der Waals surface area contributed by atoms with Crippen LogP contribution >= 0.6 is 0 Å². The van der Waals surface area contributed by atoms with Crippen LogP contribution in [-0.4, -0.2) is 16.6 Å². The third-order valence-corrected chi connectivity index (χ3v) is 2.73. The summed E-state index contributed by atoms with van der Waals surface area (Å²) in [5, 5.41) is 5.33. The quantitative estimate of drug-likeness (QED) is 0.837. The Balaban J connectivity index is 2.69. The van der Waals surface area contributed by atoms with Gasteiger partial charge in [-0.05, 0) is 25.0 Å². The van der Waals surface area contributed by atoms with Crippen molar-refractivity contribution < 1.29 is 4.79 Å². The van der Waals surface area contributed by atoms with Gasteiger partial charge < -0.3 is 15.2 Å². The van der Waals surface area contributed by atoms with Gasteiger partial charge in [0.25, 0.3) is 5.56 Å². The molecule has 0 fully saturated rings. The van der Waals surface area contributed by atoms with Gasteiger partial charge in [-0.15, -0.1) is 0 Å². The van der Waals surface area contributed by atoms with Gasteiger partial charge in [0.15, 0.2) is 0 Å². The van der Waals surface area contributed by atoms with E-state index >= 15 is 0 Å². The van der Waals surface area contributed by atoms with Crippen molar-refractivity contribution in [3.05, 3.63) is 28.7 Å². The highest BCUT2D eigenvalue weighted by molar-refractivity contribution is 5.89. The highest BCUT2D eigenvalue weighted by atomic mass is 16.2. The number of hydrogen-bond acceptors (Lipinski definition) is 2. The van der Waals surface area contributed by atoms with E-state index in [2.05, 4.69) is 10.6 Å². The molecule has 0 unspecified atom stereocenters. The SMILES string of the molecule is CC(C)[C@H](C)NC(=O)Nc1cccn(C)c1=O. The zero-order valence-corrected chi connectivity index (χ0v) is 10.7. The molecule has 0 aromatic carbocycles. The first-order valence-corrected chi connectivity index (χ1v) is 5.65. The van der Waals surface area contributed by atoms with Crippen molar-refractivity contribution in [1.82, 2.24) is 9.88 Å². The molecule has 17 heavy (non-hydrogen) atoms. The molecule has 0 aliphatic carbocycles. The van der Waals surface area contributed by atoms with E-state index in [0.717, 1.165) is 0 Å². The highest BCUT2D eigenvalue weighted by Crippen LogP contribution is 2.01. The molecular weight excluding hydrogens is 218 g/mol. The summed E-state index contributed by atoms with van der Waals surface area (Å²) >= 11 is 0. The molecule has 1 atom stereocenters. The molecule has 2 amide bonds. The van der Waals surface area contributed by atoms with Gasteiger partial charge in [-0.3, -0.25) is 4.79 Å². The number of carbonyl (C=O) groups excluding carboxylic acids is 1. The van der Waals surface area contributed by atoms with Crippen molar-refractivity contribution >= 4 is 11.7 Å². The van der Waals surface area contributed by atoms with Gasteiger partial charge in [0, 0.05) is 19.3 Å². The zero-order valence-electron chi connectivity index (χ0n) is 10.7. The minimum absolute atomic E-state index is 0.0579. The summed E-state index contributed by atoms with van der Waals surface area (Å²) < 4.78 is 1.42. The van der Waals surface area contributed by atoms with Crippen molar-refractivity contribution in [3.8, 4) is 0 Å². The molecule has 5 heteroatoms. The van der Waals surface area contributed by atoms with Crippen molar-refractivity contribution in [2.75, 3.05) is 5.32 Å². The number of anilines is 1. The average molecular weight is 237 g/mol. The number of amides is 2. The van der Waals surface area contributed by atoms with Crippen LogP contribution in [0.25, 0.3) is 0 Å². The first kappa shape index (κ1) is 13.3. The summed E-state index contributed by atoms with van der Waals surface area (Å²) in [6.45, 7) is 5.96. The lowest BCUT2D eigenvalue weighted by Crippen LogP contribution is -2.40. The molecule has 0 saturated heterocycles. The van der Waals surface area contributed by atoms with Crippen LogP contribution in [0, 0.1) is 5.92 Å². The Labute approximate surface area is 101 Å². The zero-order chi connectivity index (χ0) is 13.0. The molecule has 0 bridgehead atoms. The van der Waals surface area contributed by atoms with E-state index in [1.165, 1.54) is 4.57 Å². The molecule has 0 spiro atoms. The van der Waals surface area contributed by atoms with E-state index < -0.39 is 0 Å². The molecule has 1 aromatic heterocycles. The third-order valence-electron chi connectivity index (χ3n) is 2.73. The van der Waals surface area contributed by atoms with Gasteiger partial charge in [-0.25, -0.2) is 4.79 Å². The maximum absolute atomic E-state index is 11.6. The Morgan fingerprint density at radius 3 is 2.59 bits per heavy atom. The van der Waals surface area contributed by atoms with E-state index in [1.54, 1.807) is 25.4 Å². The smallest absolute Gasteiger partial charge is 0.319 e. The molecule has 0 aliphatic rings. The fraction of sp³-hybridized carbons (Fsp3) is 0.500. The molecule has 1 aromatic rings. The van der Waals surface area contributed by atoms with Crippen molar-refractivity contribution in [2.45, 2.75) is 26.8 Å². The maximum atomic E-state index is 11.6. The van der Waals surface area contributed by atoms with E-state index in [1.807, 2.05) is 20.8 Å². The summed E-state index contributed by atoms with van der Waals surface area (Å²) in [6, 6.07) is 3.00. The topological polar surface area (TPSA) is 63.1 Å². The largest absolute Gasteiger partial charge is 0.335 e. The van der Waals surface area contributed by atoms with Crippen molar-refractivity contribution in [1.29, 1.82) is 0 Å². The van der Waals surface area contributed by atoms with Gasteiger partial charge in [-0.2, -0.15) is 0 Å². The Kier molecular flexibility index (Phi) is 4.31. The summed E-state index contributed by atoms with van der Waals surface area (Å²) in [5.41, 5.74) is 0.0586. The Hall–Kier alpha value is -1.78. The van der Waals surface area contributed by atoms with Crippen LogP contribution in [0.3, 0.4) is 0 Å². The average Bonchev–Trinajstić information content (AvgIpc) is 2.24. The van der Waals surface area contributed by atoms with Gasteiger partial charge >= 0.3 is 6.03 Å². The van der Waals surface area contributed by atoms with E-state index in [9.17, 15) is 9.59 Å². The Morgan fingerprint density at radius 1 is 1.35 bits per heavy atom. The second kappa shape index (κ2) is 5.52. The summed E-state index contributed by atoms with van der Waals surface area (Å²) in [5.74, 6) is 0.347. The first-order chi connectivity index (χ1) is 7.91. The van der Waals surface area contributed by atoms with Crippen molar-refractivity contribution in [2.24, 2.45) is 13.0 Å². The summed E-state index contributed by atoms with van der Waals surface area (Å²) in [7, 11) is 1.64. The lowest BCUT2D eigenvalue weighted by atomic mass is 10.1. The molecule has 94 valence electrons. The molecular formula is C12H19N3O2. The number of nitrogens with one attached hydrogen (secondary N) is 2. The number of aryl methyl sites for hydroxylation is 1. The summed E-state index contributed by atoms with van der Waals surface area (Å²) in [6.07, 6.45) is 1.64. The van der Waals surface area contributed by atoms with Crippen LogP contribution in [0.5, 0.6) is 0 Å². The second-order valence-corrected chi connectivity index (χ2v) is 4.47. The lowest BCUT2D eigenvalue weighted by molar-refractivity contribution is 0.246. The minimum Gasteiger partial charge on any atom is -0.335 e. The molecule has 5 nitrogen and oxygen atoms in total. The number of hydrogen-bond donors (Lipinski definition) is 2. The highest BCUT2D eigenvalue weighted by Gasteiger charge is 2.11. The molecule has 2 N–H and O–H groups in total. The van der Waals surface area contributed by atoms with Crippen LogP contribution < -0.4 is 16.2 Å². The predicted octanol–water partition coefficient (Wildman–Crippen LogP) is 1.55. The van der Waals surface area contributed by atoms with E-state index in [0.29, 0.717) is 5.92 Å². The summed E-state index contributed by atoms with van der Waals surface area (Å²) in [4.78, 5) is 23.3. The van der Waals surface area contributed by atoms with Gasteiger partial charge in [-0.1, -0.05) is 13.8 Å². The molecule has 0 saturated carbocycles. The second-order valence-electron chi connectivity index (χ2n) is 4.47. The molecule has 0 aliphatic heterocycles. The number of pyridine rings is 1. The van der Waals surface area contributed by atoms with Gasteiger partial charge in [0.1, 0.15) is 5.69 Å². The molecule has 0 radical (unpaired) electrons. The number of urea groups is 1. The van der Waals surface area contributed by atoms with Crippen molar-refractivity contribution in [3.63, 3.8) is 0 Å². The van der Waals surface area contributed by atoms with E-state index in [4.69, 9.17) is 0 Å². The first-order valence-electron chi connectivity index (χ1n) is 5.65. The monoisotopic (exact) mass is 237 g/mol.